The van der Waals surface area contributed by atoms with E-state index in [1.807, 2.05) is 12.1 Å². The van der Waals surface area contributed by atoms with Crippen LogP contribution in [0.5, 0.6) is 5.75 Å². The highest BCUT2D eigenvalue weighted by Gasteiger charge is 2.26. The molecule has 1 unspecified atom stereocenters. The van der Waals surface area contributed by atoms with Crippen LogP contribution in [-0.2, 0) is 4.74 Å². The van der Waals surface area contributed by atoms with Gasteiger partial charge in [-0.15, -0.1) is 0 Å². The Balaban J connectivity index is 2.23. The number of hydrogen-bond donors (Lipinski definition) is 1. The fraction of sp³-hybridized carbons (Fsp3) is 0.533. The Labute approximate surface area is 119 Å². The number of benzene rings is 1. The van der Waals surface area contributed by atoms with Crippen molar-refractivity contribution in [2.75, 3.05) is 33.4 Å². The predicted octanol–water partition coefficient (Wildman–Crippen LogP) is 2.11. The van der Waals surface area contributed by atoms with Gasteiger partial charge in [-0.1, -0.05) is 24.6 Å². The minimum absolute atomic E-state index is 0.0421. The average Bonchev–Trinajstić information content (AvgIpc) is 2.84. The molecule has 5 nitrogen and oxygen atoms in total. The molecule has 1 fully saturated rings. The number of ether oxygens (including phenoxy) is 2. The number of methoxy groups -OCH3 is 1. The zero-order valence-electron chi connectivity index (χ0n) is 12.3. The summed E-state index contributed by atoms with van der Waals surface area (Å²) in [5.74, 6) is 0.842. The first-order valence-electron chi connectivity index (χ1n) is 6.95. The van der Waals surface area contributed by atoms with Gasteiger partial charge in [0.25, 0.3) is 0 Å². The molecule has 5 heteroatoms. The molecule has 1 amide bonds. The molecule has 1 heterocycles. The van der Waals surface area contributed by atoms with E-state index >= 15 is 0 Å². The maximum absolute atomic E-state index is 11.6. The van der Waals surface area contributed by atoms with Crippen molar-refractivity contribution in [3.63, 3.8) is 0 Å². The van der Waals surface area contributed by atoms with Crippen molar-refractivity contribution in [3.8, 4) is 5.75 Å². The minimum Gasteiger partial charge on any atom is -0.496 e. The number of nitrogens with one attached hydrogen (secondary N) is 1. The van der Waals surface area contributed by atoms with Crippen LogP contribution >= 0.6 is 0 Å². The summed E-state index contributed by atoms with van der Waals surface area (Å²) in [6.45, 7) is 6.64. The molecule has 0 aliphatic carbocycles. The molecule has 1 aliphatic rings. The van der Waals surface area contributed by atoms with Gasteiger partial charge in [0.1, 0.15) is 12.4 Å². The Hall–Kier alpha value is -1.75. The zero-order chi connectivity index (χ0) is 14.5. The molecule has 0 saturated carbocycles. The SMILES string of the molecule is CCNC(CN1CCOC1=O)c1cc(C)ccc1OC. The van der Waals surface area contributed by atoms with Crippen molar-refractivity contribution >= 4 is 6.09 Å². The molecule has 20 heavy (non-hydrogen) atoms. The molecule has 0 aromatic heterocycles. The van der Waals surface area contributed by atoms with E-state index in [1.54, 1.807) is 12.0 Å². The first kappa shape index (κ1) is 14.7. The Morgan fingerprint density at radius 3 is 2.90 bits per heavy atom. The molecule has 1 aliphatic heterocycles. The Bertz CT molecular complexity index is 476. The molecule has 0 bridgehead atoms. The lowest BCUT2D eigenvalue weighted by atomic mass is 10.0. The number of aryl methyl sites for hydroxylation is 1. The van der Waals surface area contributed by atoms with Gasteiger partial charge >= 0.3 is 6.09 Å². The zero-order valence-corrected chi connectivity index (χ0v) is 12.3. The van der Waals surface area contributed by atoms with Gasteiger partial charge in [0, 0.05) is 12.1 Å². The van der Waals surface area contributed by atoms with Crippen LogP contribution in [-0.4, -0.2) is 44.3 Å². The summed E-state index contributed by atoms with van der Waals surface area (Å²) in [5.41, 5.74) is 2.25. The number of likely N-dealkylation sites (N-methyl/N-ethyl adjacent to an activating group) is 1. The van der Waals surface area contributed by atoms with Gasteiger partial charge in [-0.25, -0.2) is 4.79 Å². The van der Waals surface area contributed by atoms with Gasteiger partial charge in [0.05, 0.1) is 19.7 Å². The molecule has 0 radical (unpaired) electrons. The molecule has 1 saturated heterocycles. The third-order valence-corrected chi connectivity index (χ3v) is 3.46. The van der Waals surface area contributed by atoms with Crippen molar-refractivity contribution in [2.45, 2.75) is 19.9 Å². The predicted molar refractivity (Wildman–Crippen MR) is 77.1 cm³/mol. The number of rotatable bonds is 6. The first-order chi connectivity index (χ1) is 9.65. The van der Waals surface area contributed by atoms with E-state index in [1.165, 1.54) is 5.56 Å². The summed E-state index contributed by atoms with van der Waals surface area (Å²) in [5, 5.41) is 3.42. The highest BCUT2D eigenvalue weighted by Crippen LogP contribution is 2.27. The molecular weight excluding hydrogens is 256 g/mol. The third-order valence-electron chi connectivity index (χ3n) is 3.46. The maximum atomic E-state index is 11.6. The first-order valence-corrected chi connectivity index (χ1v) is 6.95. The van der Waals surface area contributed by atoms with Crippen LogP contribution < -0.4 is 10.1 Å². The molecule has 1 aromatic carbocycles. The average molecular weight is 278 g/mol. The Morgan fingerprint density at radius 2 is 2.30 bits per heavy atom. The molecular formula is C15H22N2O3. The van der Waals surface area contributed by atoms with E-state index in [0.29, 0.717) is 19.7 Å². The van der Waals surface area contributed by atoms with E-state index in [4.69, 9.17) is 9.47 Å². The summed E-state index contributed by atoms with van der Waals surface area (Å²) in [7, 11) is 1.67. The summed E-state index contributed by atoms with van der Waals surface area (Å²) < 4.78 is 10.4. The molecule has 1 aromatic rings. The fourth-order valence-electron chi connectivity index (χ4n) is 2.46. The van der Waals surface area contributed by atoms with E-state index in [9.17, 15) is 4.79 Å². The van der Waals surface area contributed by atoms with Crippen molar-refractivity contribution in [3.05, 3.63) is 29.3 Å². The number of hydrogen-bond acceptors (Lipinski definition) is 4. The lowest BCUT2D eigenvalue weighted by Gasteiger charge is -2.25. The van der Waals surface area contributed by atoms with E-state index in [-0.39, 0.29) is 12.1 Å². The van der Waals surface area contributed by atoms with Crippen LogP contribution in [0.4, 0.5) is 4.79 Å². The summed E-state index contributed by atoms with van der Waals surface area (Å²) in [4.78, 5) is 13.3. The van der Waals surface area contributed by atoms with E-state index in [0.717, 1.165) is 17.9 Å². The van der Waals surface area contributed by atoms with Crippen molar-refractivity contribution in [1.29, 1.82) is 0 Å². The van der Waals surface area contributed by atoms with Gasteiger partial charge < -0.3 is 19.7 Å². The lowest BCUT2D eigenvalue weighted by Crippen LogP contribution is -2.36. The van der Waals surface area contributed by atoms with Crippen LogP contribution in [0.25, 0.3) is 0 Å². The number of carbonyl (C=O) groups excluding carboxylic acids is 1. The lowest BCUT2D eigenvalue weighted by molar-refractivity contribution is 0.155. The molecule has 0 spiro atoms. The number of nitrogens with zero attached hydrogens (tertiary/aromatic N) is 1. The minimum atomic E-state index is -0.237. The third kappa shape index (κ3) is 3.22. The number of cyclic esters (lactones) is 1. The summed E-state index contributed by atoms with van der Waals surface area (Å²) >= 11 is 0. The van der Waals surface area contributed by atoms with Crippen LogP contribution in [0.3, 0.4) is 0 Å². The highest BCUT2D eigenvalue weighted by molar-refractivity contribution is 5.69. The smallest absolute Gasteiger partial charge is 0.410 e. The number of amides is 1. The Kier molecular flexibility index (Phi) is 4.84. The highest BCUT2D eigenvalue weighted by atomic mass is 16.6. The second-order valence-electron chi connectivity index (χ2n) is 4.92. The van der Waals surface area contributed by atoms with Gasteiger partial charge in [-0.05, 0) is 19.5 Å². The molecule has 1 atom stereocenters. The second-order valence-corrected chi connectivity index (χ2v) is 4.92. The fourth-order valence-corrected chi connectivity index (χ4v) is 2.46. The van der Waals surface area contributed by atoms with E-state index in [2.05, 4.69) is 25.2 Å². The maximum Gasteiger partial charge on any atom is 0.410 e. The van der Waals surface area contributed by atoms with Crippen molar-refractivity contribution in [1.82, 2.24) is 10.2 Å². The molecule has 1 N–H and O–H groups in total. The van der Waals surface area contributed by atoms with Crippen molar-refractivity contribution < 1.29 is 14.3 Å². The van der Waals surface area contributed by atoms with Crippen LogP contribution in [0, 0.1) is 6.92 Å². The normalized spacial score (nSPS) is 16.1. The summed E-state index contributed by atoms with van der Waals surface area (Å²) in [6.07, 6.45) is -0.237. The molecule has 110 valence electrons. The van der Waals surface area contributed by atoms with E-state index < -0.39 is 0 Å². The van der Waals surface area contributed by atoms with Crippen molar-refractivity contribution in [2.24, 2.45) is 0 Å². The monoisotopic (exact) mass is 278 g/mol. The molecule has 2 rings (SSSR count). The number of carbonyl (C=O) groups is 1. The topological polar surface area (TPSA) is 50.8 Å². The van der Waals surface area contributed by atoms with Gasteiger partial charge in [-0.3, -0.25) is 0 Å². The standard InChI is InChI=1S/C15H22N2O3/c1-4-16-13(10-17-7-8-20-15(17)18)12-9-11(2)5-6-14(12)19-3/h5-6,9,13,16H,4,7-8,10H2,1-3H3. The van der Waals surface area contributed by atoms with Crippen LogP contribution in [0.1, 0.15) is 24.1 Å². The van der Waals surface area contributed by atoms with Crippen LogP contribution in [0.15, 0.2) is 18.2 Å². The van der Waals surface area contributed by atoms with Crippen LogP contribution in [0.2, 0.25) is 0 Å². The second kappa shape index (κ2) is 6.61. The van der Waals surface area contributed by atoms with Gasteiger partial charge in [-0.2, -0.15) is 0 Å². The quantitative estimate of drug-likeness (QED) is 0.866. The van der Waals surface area contributed by atoms with Gasteiger partial charge in [0.2, 0.25) is 0 Å². The summed E-state index contributed by atoms with van der Waals surface area (Å²) in [6, 6.07) is 6.14. The Morgan fingerprint density at radius 1 is 1.50 bits per heavy atom. The largest absolute Gasteiger partial charge is 0.496 e. The van der Waals surface area contributed by atoms with Gasteiger partial charge in [0.15, 0.2) is 0 Å².